The zero-order valence-electron chi connectivity index (χ0n) is 20.1. The van der Waals surface area contributed by atoms with Gasteiger partial charge in [0.1, 0.15) is 10.8 Å². The number of rotatable bonds is 8. The lowest BCUT2D eigenvalue weighted by atomic mass is 9.86. The van der Waals surface area contributed by atoms with E-state index in [2.05, 4.69) is 4.98 Å². The maximum atomic E-state index is 13.6. The molecule has 0 bridgehead atoms. The van der Waals surface area contributed by atoms with Gasteiger partial charge in [-0.05, 0) is 31.5 Å². The Morgan fingerprint density at radius 1 is 1.03 bits per heavy atom. The van der Waals surface area contributed by atoms with E-state index in [1.165, 1.54) is 19.1 Å². The van der Waals surface area contributed by atoms with Crippen LogP contribution in [0.15, 0.2) is 48.5 Å². The van der Waals surface area contributed by atoms with Gasteiger partial charge >= 0.3 is 5.97 Å². The highest BCUT2D eigenvalue weighted by Crippen LogP contribution is 2.44. The number of aryl methyl sites for hydroxylation is 1. The number of amides is 1. The Morgan fingerprint density at radius 3 is 2.36 bits per heavy atom. The zero-order chi connectivity index (χ0) is 26.0. The highest BCUT2D eigenvalue weighted by molar-refractivity contribution is 7.17. The molecule has 0 aliphatic carbocycles. The van der Waals surface area contributed by atoms with E-state index < -0.39 is 35.4 Å². The van der Waals surface area contributed by atoms with Gasteiger partial charge in [0, 0.05) is 5.56 Å². The quantitative estimate of drug-likeness (QED) is 0.195. The number of aromatic nitrogens is 1. The molecule has 1 fully saturated rings. The maximum absolute atomic E-state index is 13.6. The molecule has 4 rings (SSSR count). The molecule has 1 aliphatic rings. The number of esters is 1. The number of ether oxygens (including phenoxy) is 3. The second-order valence-corrected chi connectivity index (χ2v) is 8.92. The number of hydrogen-bond donors (Lipinski definition) is 0. The van der Waals surface area contributed by atoms with Crippen molar-refractivity contribution in [3.8, 4) is 11.5 Å². The smallest absolute Gasteiger partial charge is 0.350 e. The summed E-state index contributed by atoms with van der Waals surface area (Å²) < 4.78 is 15.8. The molecule has 186 valence electrons. The predicted molar refractivity (Wildman–Crippen MR) is 132 cm³/mol. The summed E-state index contributed by atoms with van der Waals surface area (Å²) in [5, 5.41) is 0.122. The van der Waals surface area contributed by atoms with Gasteiger partial charge in [-0.15, -0.1) is 0 Å². The van der Waals surface area contributed by atoms with Crippen molar-refractivity contribution < 1.29 is 33.4 Å². The first kappa shape index (κ1) is 25.1. The average molecular weight is 509 g/mol. The number of benzene rings is 2. The minimum atomic E-state index is -1.33. The summed E-state index contributed by atoms with van der Waals surface area (Å²) in [4.78, 5) is 58.4. The van der Waals surface area contributed by atoms with E-state index in [-0.39, 0.29) is 16.6 Å². The van der Waals surface area contributed by atoms with Gasteiger partial charge in [-0.3, -0.25) is 19.3 Å². The van der Waals surface area contributed by atoms with E-state index in [1.54, 1.807) is 62.4 Å². The standard InChI is InChI=1S/C26H24N2O7S/c1-5-35-25(32)23-14(2)27-26(36-23)28-20(16-11-12-17(33-3)18(13-16)34-4)19(22(30)24(28)31)21(29)15-9-7-6-8-10-15/h6-13,19-20H,5H2,1-4H3. The minimum Gasteiger partial charge on any atom is -0.493 e. The summed E-state index contributed by atoms with van der Waals surface area (Å²) in [6.45, 7) is 3.48. The highest BCUT2D eigenvalue weighted by atomic mass is 32.1. The maximum Gasteiger partial charge on any atom is 0.350 e. The lowest BCUT2D eigenvalue weighted by Gasteiger charge is -2.25. The number of methoxy groups -OCH3 is 2. The first-order chi connectivity index (χ1) is 17.3. The van der Waals surface area contributed by atoms with Crippen LogP contribution in [0, 0.1) is 12.8 Å². The summed E-state index contributed by atoms with van der Waals surface area (Å²) in [5.41, 5.74) is 1.14. The van der Waals surface area contributed by atoms with Crippen LogP contribution in [0.1, 0.15) is 44.3 Å². The summed E-state index contributed by atoms with van der Waals surface area (Å²) in [7, 11) is 2.95. The van der Waals surface area contributed by atoms with Gasteiger partial charge < -0.3 is 14.2 Å². The molecule has 2 unspecified atom stereocenters. The molecule has 0 saturated carbocycles. The van der Waals surface area contributed by atoms with Gasteiger partial charge in [0.15, 0.2) is 22.4 Å². The topological polar surface area (TPSA) is 112 Å². The third-order valence-electron chi connectivity index (χ3n) is 5.85. The van der Waals surface area contributed by atoms with Crippen molar-refractivity contribution in [1.29, 1.82) is 0 Å². The van der Waals surface area contributed by atoms with Crippen molar-refractivity contribution in [1.82, 2.24) is 4.98 Å². The molecule has 3 aromatic rings. The number of ketones is 2. The summed E-state index contributed by atoms with van der Waals surface area (Å²) in [5.74, 6) is -3.30. The molecule has 2 heterocycles. The van der Waals surface area contributed by atoms with Gasteiger partial charge in [-0.2, -0.15) is 0 Å². The molecule has 2 atom stereocenters. The van der Waals surface area contributed by atoms with Gasteiger partial charge in [-0.1, -0.05) is 47.7 Å². The van der Waals surface area contributed by atoms with E-state index >= 15 is 0 Å². The molecule has 10 heteroatoms. The Balaban J connectivity index is 1.88. The molecule has 1 aromatic heterocycles. The fraction of sp³-hybridized carbons (Fsp3) is 0.269. The highest BCUT2D eigenvalue weighted by Gasteiger charge is 2.53. The van der Waals surface area contributed by atoms with Gasteiger partial charge in [0.2, 0.25) is 5.78 Å². The van der Waals surface area contributed by atoms with E-state index in [0.29, 0.717) is 28.3 Å². The van der Waals surface area contributed by atoms with Crippen LogP contribution in [-0.4, -0.2) is 49.3 Å². The SMILES string of the molecule is CCOC(=O)c1sc(N2C(=O)C(=O)C(C(=O)c3ccccc3)C2c2ccc(OC)c(OC)c2)nc1C. The second kappa shape index (κ2) is 10.3. The molecule has 0 spiro atoms. The number of nitrogens with zero attached hydrogens (tertiary/aromatic N) is 2. The number of carbonyl (C=O) groups excluding carboxylic acids is 4. The van der Waals surface area contributed by atoms with Crippen LogP contribution in [0.2, 0.25) is 0 Å². The molecule has 1 aliphatic heterocycles. The predicted octanol–water partition coefficient (Wildman–Crippen LogP) is 3.80. The van der Waals surface area contributed by atoms with Gasteiger partial charge in [0.25, 0.3) is 5.91 Å². The fourth-order valence-corrected chi connectivity index (χ4v) is 5.17. The molecule has 2 aromatic carbocycles. The van der Waals surface area contributed by atoms with E-state index in [9.17, 15) is 19.2 Å². The summed E-state index contributed by atoms with van der Waals surface area (Å²) in [6, 6.07) is 12.2. The second-order valence-electron chi connectivity index (χ2n) is 7.94. The normalized spacial score (nSPS) is 17.3. The van der Waals surface area contributed by atoms with E-state index in [1.807, 2.05) is 0 Å². The monoisotopic (exact) mass is 508 g/mol. The first-order valence-corrected chi connectivity index (χ1v) is 12.0. The van der Waals surface area contributed by atoms with Gasteiger partial charge in [-0.25, -0.2) is 9.78 Å². The van der Waals surface area contributed by atoms with E-state index in [4.69, 9.17) is 14.2 Å². The van der Waals surface area contributed by atoms with Crippen LogP contribution in [0.5, 0.6) is 11.5 Å². The Kier molecular flexibility index (Phi) is 7.16. The number of hydrogen-bond acceptors (Lipinski definition) is 9. The van der Waals surface area contributed by atoms with Crippen molar-refractivity contribution >= 4 is 39.9 Å². The van der Waals surface area contributed by atoms with Gasteiger partial charge in [0.05, 0.1) is 32.6 Å². The fourth-order valence-electron chi connectivity index (χ4n) is 4.17. The molecule has 0 radical (unpaired) electrons. The molecular weight excluding hydrogens is 484 g/mol. The van der Waals surface area contributed by atoms with Crippen LogP contribution in [-0.2, 0) is 14.3 Å². The van der Waals surface area contributed by atoms with Crippen LogP contribution < -0.4 is 14.4 Å². The van der Waals surface area contributed by atoms with Crippen LogP contribution in [0.4, 0.5) is 5.13 Å². The summed E-state index contributed by atoms with van der Waals surface area (Å²) >= 11 is 0.936. The number of Topliss-reactive ketones (excluding diaryl/α,β-unsaturated/α-hetero) is 2. The van der Waals surface area contributed by atoms with Crippen molar-refractivity contribution in [2.75, 3.05) is 25.7 Å². The zero-order valence-corrected chi connectivity index (χ0v) is 21.0. The Hall–Kier alpha value is -4.05. The van der Waals surface area contributed by atoms with Crippen molar-refractivity contribution in [2.24, 2.45) is 5.92 Å². The van der Waals surface area contributed by atoms with Crippen LogP contribution >= 0.6 is 11.3 Å². The third kappa shape index (κ3) is 4.35. The molecule has 0 N–H and O–H groups in total. The minimum absolute atomic E-state index is 0.122. The molecule has 36 heavy (non-hydrogen) atoms. The Labute approximate surface area is 211 Å². The summed E-state index contributed by atoms with van der Waals surface area (Å²) in [6.07, 6.45) is 0. The average Bonchev–Trinajstić information content (AvgIpc) is 3.40. The molecule has 1 amide bonds. The molecule has 9 nitrogen and oxygen atoms in total. The lowest BCUT2D eigenvalue weighted by Crippen LogP contribution is -2.30. The number of carbonyl (C=O) groups is 4. The molecular formula is C26H24N2O7S. The van der Waals surface area contributed by atoms with Crippen molar-refractivity contribution in [3.05, 3.63) is 70.2 Å². The Morgan fingerprint density at radius 2 is 1.72 bits per heavy atom. The molecule has 1 saturated heterocycles. The first-order valence-electron chi connectivity index (χ1n) is 11.2. The lowest BCUT2D eigenvalue weighted by molar-refractivity contribution is -0.135. The van der Waals surface area contributed by atoms with Crippen molar-refractivity contribution in [2.45, 2.75) is 19.9 Å². The largest absolute Gasteiger partial charge is 0.493 e. The number of thiazole rings is 1. The van der Waals surface area contributed by atoms with E-state index in [0.717, 1.165) is 11.3 Å². The third-order valence-corrected chi connectivity index (χ3v) is 6.98. The van der Waals surface area contributed by atoms with Crippen LogP contribution in [0.25, 0.3) is 0 Å². The van der Waals surface area contributed by atoms with Crippen LogP contribution in [0.3, 0.4) is 0 Å². The van der Waals surface area contributed by atoms with Crippen molar-refractivity contribution in [3.63, 3.8) is 0 Å². The Bertz CT molecular complexity index is 1340. The number of anilines is 1.